The zero-order chi connectivity index (χ0) is 26.0. The third-order valence-electron chi connectivity index (χ3n) is 6.19. The van der Waals surface area contributed by atoms with Crippen molar-refractivity contribution >= 4 is 5.91 Å². The molecule has 0 atom stereocenters. The van der Waals surface area contributed by atoms with Gasteiger partial charge in [-0.1, -0.05) is 24.8 Å². The molecule has 0 fully saturated rings. The van der Waals surface area contributed by atoms with E-state index in [-0.39, 0.29) is 12.3 Å². The lowest BCUT2D eigenvalue weighted by Gasteiger charge is -2.28. The molecule has 0 bridgehead atoms. The number of alkyl halides is 3. The molecule has 0 aliphatic carbocycles. The highest BCUT2D eigenvalue weighted by molar-refractivity contribution is 5.87. The Bertz CT molecular complexity index is 1430. The predicted molar refractivity (Wildman–Crippen MR) is 130 cm³/mol. The highest BCUT2D eigenvalue weighted by atomic mass is 19.4. The fraction of sp³-hybridized carbons (Fsp3) is 0.222. The van der Waals surface area contributed by atoms with Crippen molar-refractivity contribution in [2.45, 2.75) is 32.1 Å². The smallest absolute Gasteiger partial charge is 0.333 e. The number of hydrogen-bond acceptors (Lipinski definition) is 5. The third-order valence-corrected chi connectivity index (χ3v) is 6.19. The molecule has 0 spiro atoms. The van der Waals surface area contributed by atoms with Crippen LogP contribution in [0.5, 0.6) is 0 Å². The summed E-state index contributed by atoms with van der Waals surface area (Å²) >= 11 is 0. The van der Waals surface area contributed by atoms with Crippen LogP contribution in [-0.2, 0) is 36.9 Å². The second kappa shape index (κ2) is 9.96. The van der Waals surface area contributed by atoms with Crippen molar-refractivity contribution in [3.05, 3.63) is 107 Å². The van der Waals surface area contributed by atoms with Crippen molar-refractivity contribution < 1.29 is 18.0 Å². The number of aromatic nitrogens is 5. The van der Waals surface area contributed by atoms with Gasteiger partial charge in [0, 0.05) is 37.1 Å². The van der Waals surface area contributed by atoms with E-state index in [9.17, 15) is 18.0 Å². The summed E-state index contributed by atoms with van der Waals surface area (Å²) in [6.07, 6.45) is 3.03. The second-order valence-electron chi connectivity index (χ2n) is 8.76. The van der Waals surface area contributed by atoms with Crippen molar-refractivity contribution in [1.29, 1.82) is 0 Å². The molecule has 10 heteroatoms. The van der Waals surface area contributed by atoms with Gasteiger partial charge in [0.15, 0.2) is 0 Å². The first-order valence-corrected chi connectivity index (χ1v) is 11.7. The van der Waals surface area contributed by atoms with E-state index < -0.39 is 11.7 Å². The number of fused-ring (bicyclic) bond motifs is 1. The molecular formula is C27H23F3N6O. The SMILES string of the molecule is C=CC(=O)N1CCc2c(nc(Cc3ccc(C(F)(F)F)cc3)nc2-c2ccn(Cc3cccnc3)n2)C1. The summed E-state index contributed by atoms with van der Waals surface area (Å²) < 4.78 is 40.7. The third kappa shape index (κ3) is 5.42. The summed E-state index contributed by atoms with van der Waals surface area (Å²) in [6.45, 7) is 4.91. The maximum atomic E-state index is 13.0. The van der Waals surface area contributed by atoms with Crippen LogP contribution in [-0.4, -0.2) is 42.1 Å². The average Bonchev–Trinajstić information content (AvgIpc) is 3.36. The van der Waals surface area contributed by atoms with Gasteiger partial charge in [-0.3, -0.25) is 14.5 Å². The van der Waals surface area contributed by atoms with Gasteiger partial charge in [-0.05, 0) is 47.9 Å². The molecule has 3 aromatic heterocycles. The van der Waals surface area contributed by atoms with Gasteiger partial charge in [-0.15, -0.1) is 0 Å². The van der Waals surface area contributed by atoms with Crippen molar-refractivity contribution in [2.75, 3.05) is 6.54 Å². The number of carbonyl (C=O) groups excluding carboxylic acids is 1. The van der Waals surface area contributed by atoms with E-state index >= 15 is 0 Å². The molecule has 0 unspecified atom stereocenters. The second-order valence-corrected chi connectivity index (χ2v) is 8.76. The minimum Gasteiger partial charge on any atom is -0.333 e. The summed E-state index contributed by atoms with van der Waals surface area (Å²) in [5, 5.41) is 4.72. The van der Waals surface area contributed by atoms with Crippen LogP contribution >= 0.6 is 0 Å². The Labute approximate surface area is 211 Å². The van der Waals surface area contributed by atoms with Gasteiger partial charge in [0.25, 0.3) is 0 Å². The summed E-state index contributed by atoms with van der Waals surface area (Å²) in [4.78, 5) is 27.5. The lowest BCUT2D eigenvalue weighted by atomic mass is 10.00. The van der Waals surface area contributed by atoms with Crippen LogP contribution in [0.1, 0.15) is 33.8 Å². The van der Waals surface area contributed by atoms with Crippen LogP contribution in [0.25, 0.3) is 11.4 Å². The lowest BCUT2D eigenvalue weighted by Crippen LogP contribution is -2.36. The van der Waals surface area contributed by atoms with Crippen LogP contribution in [0.2, 0.25) is 0 Å². The number of pyridine rings is 1. The van der Waals surface area contributed by atoms with E-state index in [2.05, 4.69) is 11.6 Å². The van der Waals surface area contributed by atoms with Gasteiger partial charge < -0.3 is 4.90 Å². The van der Waals surface area contributed by atoms with Crippen molar-refractivity contribution in [2.24, 2.45) is 0 Å². The Hall–Kier alpha value is -4.34. The van der Waals surface area contributed by atoms with Gasteiger partial charge in [0.1, 0.15) is 11.5 Å². The van der Waals surface area contributed by atoms with E-state index in [1.165, 1.54) is 18.2 Å². The van der Waals surface area contributed by atoms with Crippen LogP contribution < -0.4 is 0 Å². The van der Waals surface area contributed by atoms with Gasteiger partial charge in [0.2, 0.25) is 5.91 Å². The molecule has 1 aliphatic heterocycles. The van der Waals surface area contributed by atoms with Crippen LogP contribution in [0.15, 0.2) is 73.7 Å². The van der Waals surface area contributed by atoms with Gasteiger partial charge in [-0.25, -0.2) is 9.97 Å². The summed E-state index contributed by atoms with van der Waals surface area (Å²) in [5.74, 6) is 0.263. The molecule has 4 aromatic rings. The Morgan fingerprint density at radius 3 is 2.59 bits per heavy atom. The van der Waals surface area contributed by atoms with Gasteiger partial charge in [0.05, 0.1) is 30.0 Å². The first-order chi connectivity index (χ1) is 17.8. The minimum absolute atomic E-state index is 0.184. The van der Waals surface area contributed by atoms with E-state index in [0.29, 0.717) is 54.5 Å². The number of halogens is 3. The fourth-order valence-corrected chi connectivity index (χ4v) is 4.34. The Kier molecular flexibility index (Phi) is 6.56. The number of nitrogens with zero attached hydrogens (tertiary/aromatic N) is 6. The van der Waals surface area contributed by atoms with Crippen LogP contribution in [0, 0.1) is 0 Å². The first kappa shape index (κ1) is 24.4. The summed E-state index contributed by atoms with van der Waals surface area (Å²) in [7, 11) is 0. The zero-order valence-corrected chi connectivity index (χ0v) is 19.8. The van der Waals surface area contributed by atoms with E-state index in [4.69, 9.17) is 15.1 Å². The number of carbonyl (C=O) groups is 1. The minimum atomic E-state index is -4.40. The predicted octanol–water partition coefficient (Wildman–Crippen LogP) is 4.46. The quantitative estimate of drug-likeness (QED) is 0.363. The lowest BCUT2D eigenvalue weighted by molar-refractivity contribution is -0.137. The van der Waals surface area contributed by atoms with Crippen LogP contribution in [0.4, 0.5) is 13.2 Å². The molecule has 0 saturated carbocycles. The molecule has 0 radical (unpaired) electrons. The number of benzene rings is 1. The van der Waals surface area contributed by atoms with E-state index in [0.717, 1.165) is 23.3 Å². The van der Waals surface area contributed by atoms with Crippen molar-refractivity contribution in [3.63, 3.8) is 0 Å². The fourth-order valence-electron chi connectivity index (χ4n) is 4.34. The molecule has 188 valence electrons. The highest BCUT2D eigenvalue weighted by Gasteiger charge is 2.30. The normalized spacial score (nSPS) is 13.3. The van der Waals surface area contributed by atoms with Gasteiger partial charge in [-0.2, -0.15) is 18.3 Å². The maximum absolute atomic E-state index is 13.0. The largest absolute Gasteiger partial charge is 0.416 e. The molecule has 1 aliphatic rings. The first-order valence-electron chi connectivity index (χ1n) is 11.7. The molecular weight excluding hydrogens is 481 g/mol. The highest BCUT2D eigenvalue weighted by Crippen LogP contribution is 2.30. The molecule has 0 saturated heterocycles. The summed E-state index contributed by atoms with van der Waals surface area (Å²) in [6, 6.07) is 10.7. The standard InChI is InChI=1S/C27H23F3N6O/c1-2-25(37)35-12-9-21-23(17-35)32-24(14-18-5-7-20(8-6-18)27(28,29)30)33-26(21)22-10-13-36(34-22)16-19-4-3-11-31-15-19/h2-8,10-11,13,15H,1,9,12,14,16-17H2. The molecule has 4 heterocycles. The number of amides is 1. The Morgan fingerprint density at radius 1 is 1.08 bits per heavy atom. The topological polar surface area (TPSA) is 76.8 Å². The molecule has 1 amide bonds. The monoisotopic (exact) mass is 504 g/mol. The Balaban J connectivity index is 1.49. The van der Waals surface area contributed by atoms with E-state index in [1.807, 2.05) is 24.4 Å². The molecule has 7 nitrogen and oxygen atoms in total. The average molecular weight is 505 g/mol. The molecule has 0 N–H and O–H groups in total. The summed E-state index contributed by atoms with van der Waals surface area (Å²) in [5.41, 5.74) is 3.90. The molecule has 5 rings (SSSR count). The number of hydrogen-bond donors (Lipinski definition) is 0. The number of rotatable bonds is 6. The van der Waals surface area contributed by atoms with Crippen molar-refractivity contribution in [3.8, 4) is 11.4 Å². The molecule has 37 heavy (non-hydrogen) atoms. The molecule has 1 aromatic carbocycles. The van der Waals surface area contributed by atoms with Crippen LogP contribution in [0.3, 0.4) is 0 Å². The maximum Gasteiger partial charge on any atom is 0.416 e. The zero-order valence-electron chi connectivity index (χ0n) is 19.8. The van der Waals surface area contributed by atoms with E-state index in [1.54, 1.807) is 22.0 Å². The van der Waals surface area contributed by atoms with Gasteiger partial charge >= 0.3 is 6.18 Å². The Morgan fingerprint density at radius 2 is 1.89 bits per heavy atom. The van der Waals surface area contributed by atoms with Crippen molar-refractivity contribution in [1.82, 2.24) is 29.6 Å².